The number of hydrazone groups is 1. The first-order chi connectivity index (χ1) is 10.2. The number of rotatable bonds is 3. The number of benzene rings is 2. The highest BCUT2D eigenvalue weighted by atomic mass is 16.5. The van der Waals surface area contributed by atoms with Gasteiger partial charge in [-0.15, -0.1) is 0 Å². The maximum absolute atomic E-state index is 12.0. The van der Waals surface area contributed by atoms with Crippen LogP contribution in [0.3, 0.4) is 0 Å². The number of carbonyl (C=O) groups excluding carboxylic acids is 1. The van der Waals surface area contributed by atoms with Gasteiger partial charge in [0.1, 0.15) is 6.10 Å². The van der Waals surface area contributed by atoms with E-state index in [0.29, 0.717) is 12.0 Å². The number of fused-ring (bicyclic) bond motifs is 1. The number of para-hydroxylation sites is 1. The second kappa shape index (κ2) is 5.79. The van der Waals surface area contributed by atoms with E-state index >= 15 is 0 Å². The summed E-state index contributed by atoms with van der Waals surface area (Å²) in [6.45, 7) is 1.86. The van der Waals surface area contributed by atoms with E-state index in [0.717, 1.165) is 17.0 Å². The van der Waals surface area contributed by atoms with Gasteiger partial charge in [-0.05, 0) is 30.7 Å². The third kappa shape index (κ3) is 2.94. The van der Waals surface area contributed by atoms with Crippen molar-refractivity contribution in [2.75, 3.05) is 5.43 Å². The van der Waals surface area contributed by atoms with Crippen LogP contribution in [-0.2, 0) is 11.2 Å². The first-order valence-corrected chi connectivity index (χ1v) is 6.88. The number of ether oxygens (including phenoxy) is 1. The molecule has 1 aliphatic rings. The van der Waals surface area contributed by atoms with Gasteiger partial charge in [-0.1, -0.05) is 36.4 Å². The molecule has 1 aliphatic heterocycles. The molecule has 3 rings (SSSR count). The molecule has 1 unspecified atom stereocenters. The fraction of sp³-hybridized carbons (Fsp3) is 0.176. The molecule has 0 amide bonds. The number of anilines is 1. The topological polar surface area (TPSA) is 50.7 Å². The van der Waals surface area contributed by atoms with Gasteiger partial charge in [-0.3, -0.25) is 5.43 Å². The summed E-state index contributed by atoms with van der Waals surface area (Å²) in [5.41, 5.74) is 6.29. The average molecular weight is 280 g/mol. The number of hydrogen-bond donors (Lipinski definition) is 1. The summed E-state index contributed by atoms with van der Waals surface area (Å²) in [6, 6.07) is 17.2. The number of hydrogen-bond acceptors (Lipinski definition) is 4. The number of nitrogens with zero attached hydrogens (tertiary/aromatic N) is 1. The fourth-order valence-corrected chi connectivity index (χ4v) is 2.30. The first-order valence-electron chi connectivity index (χ1n) is 6.88. The van der Waals surface area contributed by atoms with Gasteiger partial charge in [0.05, 0.1) is 17.0 Å². The molecule has 0 bridgehead atoms. The van der Waals surface area contributed by atoms with Crippen LogP contribution in [0.25, 0.3) is 0 Å². The maximum atomic E-state index is 12.0. The Morgan fingerprint density at radius 1 is 1.14 bits per heavy atom. The molecule has 1 atom stereocenters. The molecular weight excluding hydrogens is 264 g/mol. The van der Waals surface area contributed by atoms with Crippen LogP contribution in [0.2, 0.25) is 0 Å². The van der Waals surface area contributed by atoms with Crippen LogP contribution in [0.15, 0.2) is 59.7 Å². The number of esters is 1. The van der Waals surface area contributed by atoms with Crippen molar-refractivity contribution >= 4 is 17.4 Å². The summed E-state index contributed by atoms with van der Waals surface area (Å²) < 4.78 is 5.45. The van der Waals surface area contributed by atoms with E-state index in [1.54, 1.807) is 6.07 Å². The lowest BCUT2D eigenvalue weighted by Gasteiger charge is -2.24. The molecule has 0 spiro atoms. The van der Waals surface area contributed by atoms with Gasteiger partial charge in [-0.25, -0.2) is 4.79 Å². The van der Waals surface area contributed by atoms with Crippen LogP contribution in [-0.4, -0.2) is 17.8 Å². The molecule has 2 aromatic rings. The van der Waals surface area contributed by atoms with Gasteiger partial charge in [0.2, 0.25) is 0 Å². The fourth-order valence-electron chi connectivity index (χ4n) is 2.30. The molecule has 0 aliphatic carbocycles. The van der Waals surface area contributed by atoms with Crippen molar-refractivity contribution in [2.45, 2.75) is 19.4 Å². The third-order valence-corrected chi connectivity index (χ3v) is 3.49. The lowest BCUT2D eigenvalue weighted by molar-refractivity contribution is 0.0389. The van der Waals surface area contributed by atoms with Gasteiger partial charge in [0.25, 0.3) is 0 Å². The Morgan fingerprint density at radius 3 is 2.67 bits per heavy atom. The van der Waals surface area contributed by atoms with Crippen LogP contribution in [0.5, 0.6) is 0 Å². The van der Waals surface area contributed by atoms with Crippen LogP contribution >= 0.6 is 0 Å². The smallest absolute Gasteiger partial charge is 0.339 e. The van der Waals surface area contributed by atoms with Crippen molar-refractivity contribution in [3.05, 3.63) is 65.7 Å². The van der Waals surface area contributed by atoms with Gasteiger partial charge in [0, 0.05) is 6.42 Å². The Balaban J connectivity index is 1.74. The third-order valence-electron chi connectivity index (χ3n) is 3.49. The monoisotopic (exact) mass is 280 g/mol. The predicted molar refractivity (Wildman–Crippen MR) is 82.5 cm³/mol. The predicted octanol–water partition coefficient (Wildman–Crippen LogP) is 3.26. The lowest BCUT2D eigenvalue weighted by atomic mass is 9.97. The van der Waals surface area contributed by atoms with E-state index < -0.39 is 0 Å². The summed E-state index contributed by atoms with van der Waals surface area (Å²) in [5, 5.41) is 4.31. The molecule has 21 heavy (non-hydrogen) atoms. The van der Waals surface area contributed by atoms with E-state index in [-0.39, 0.29) is 12.1 Å². The Morgan fingerprint density at radius 2 is 1.86 bits per heavy atom. The van der Waals surface area contributed by atoms with Crippen molar-refractivity contribution in [2.24, 2.45) is 5.10 Å². The van der Waals surface area contributed by atoms with Gasteiger partial charge in [-0.2, -0.15) is 5.10 Å². The minimum atomic E-state index is -0.316. The molecule has 106 valence electrons. The molecule has 2 aromatic carbocycles. The van der Waals surface area contributed by atoms with E-state index in [2.05, 4.69) is 10.5 Å². The van der Waals surface area contributed by atoms with E-state index in [1.165, 1.54) is 0 Å². The van der Waals surface area contributed by atoms with E-state index in [4.69, 9.17) is 4.74 Å². The van der Waals surface area contributed by atoms with Crippen molar-refractivity contribution in [3.8, 4) is 0 Å². The molecule has 4 nitrogen and oxygen atoms in total. The molecule has 0 aromatic heterocycles. The van der Waals surface area contributed by atoms with Crippen LogP contribution in [0, 0.1) is 0 Å². The van der Waals surface area contributed by atoms with Gasteiger partial charge in [0.15, 0.2) is 0 Å². The number of carbonyl (C=O) groups is 1. The number of cyclic esters (lactones) is 1. The molecule has 1 heterocycles. The zero-order valence-corrected chi connectivity index (χ0v) is 11.7. The minimum Gasteiger partial charge on any atom is -0.452 e. The quantitative estimate of drug-likeness (QED) is 0.533. The second-order valence-corrected chi connectivity index (χ2v) is 4.99. The summed E-state index contributed by atoms with van der Waals surface area (Å²) in [4.78, 5) is 12.0. The highest BCUT2D eigenvalue weighted by molar-refractivity contribution is 5.97. The van der Waals surface area contributed by atoms with Gasteiger partial charge < -0.3 is 4.74 Å². The zero-order valence-electron chi connectivity index (χ0n) is 11.7. The Bertz CT molecular complexity index is 680. The average Bonchev–Trinajstić information content (AvgIpc) is 2.53. The van der Waals surface area contributed by atoms with Crippen LogP contribution in [0.4, 0.5) is 5.69 Å². The minimum absolute atomic E-state index is 0.281. The molecule has 0 saturated carbocycles. The van der Waals surface area contributed by atoms with Crippen LogP contribution in [0.1, 0.15) is 22.8 Å². The molecule has 0 saturated heterocycles. The highest BCUT2D eigenvalue weighted by Crippen LogP contribution is 2.21. The van der Waals surface area contributed by atoms with E-state index in [9.17, 15) is 4.79 Å². The Kier molecular flexibility index (Phi) is 3.69. The molecular formula is C17H16N2O2. The Labute approximate surface area is 123 Å². The molecule has 1 N–H and O–H groups in total. The van der Waals surface area contributed by atoms with Gasteiger partial charge >= 0.3 is 5.97 Å². The van der Waals surface area contributed by atoms with Crippen molar-refractivity contribution in [1.82, 2.24) is 0 Å². The normalized spacial score (nSPS) is 17.9. The zero-order chi connectivity index (χ0) is 14.7. The Hall–Kier alpha value is -2.62. The SMILES string of the molecule is C/C(=N/Nc1ccccc1)C1Cc2ccccc2C(=O)O1. The summed E-state index contributed by atoms with van der Waals surface area (Å²) in [5.74, 6) is -0.281. The molecule has 0 fully saturated rings. The molecule has 4 heteroatoms. The standard InChI is InChI=1S/C17H16N2O2/c1-12(18-19-14-8-3-2-4-9-14)16-11-13-7-5-6-10-15(13)17(20)21-16/h2-10,16,19H,11H2,1H3/b18-12-. The van der Waals surface area contributed by atoms with Crippen molar-refractivity contribution in [1.29, 1.82) is 0 Å². The lowest BCUT2D eigenvalue weighted by Crippen LogP contribution is -2.33. The summed E-state index contributed by atoms with van der Waals surface area (Å²) >= 11 is 0. The van der Waals surface area contributed by atoms with E-state index in [1.807, 2.05) is 55.5 Å². The maximum Gasteiger partial charge on any atom is 0.339 e. The largest absolute Gasteiger partial charge is 0.452 e. The van der Waals surface area contributed by atoms with Crippen molar-refractivity contribution in [3.63, 3.8) is 0 Å². The summed E-state index contributed by atoms with van der Waals surface area (Å²) in [6.07, 6.45) is 0.344. The second-order valence-electron chi connectivity index (χ2n) is 4.99. The molecule has 0 radical (unpaired) electrons. The first kappa shape index (κ1) is 13.4. The highest BCUT2D eigenvalue weighted by Gasteiger charge is 2.27. The number of nitrogens with one attached hydrogen (secondary N) is 1. The summed E-state index contributed by atoms with van der Waals surface area (Å²) in [7, 11) is 0. The van der Waals surface area contributed by atoms with Crippen molar-refractivity contribution < 1.29 is 9.53 Å². The van der Waals surface area contributed by atoms with Crippen LogP contribution < -0.4 is 5.43 Å².